The molecule has 3 saturated heterocycles. The monoisotopic (exact) mass is 516 g/mol. The average molecular weight is 517 g/mol. The number of fused-ring (bicyclic) bond motifs is 1. The lowest BCUT2D eigenvalue weighted by molar-refractivity contribution is -0.161. The smallest absolute Gasteiger partial charge is 0.313 e. The zero-order chi connectivity index (χ0) is 26.3. The number of nitrogens with zero attached hydrogens (tertiary/aromatic N) is 2. The molecule has 36 heavy (non-hydrogen) atoms. The number of esters is 1. The topological polar surface area (TPSA) is 96.4 Å². The number of anilines is 1. The molecule has 2 unspecified atom stereocenters. The van der Waals surface area contributed by atoms with E-state index in [1.807, 2.05) is 6.92 Å². The van der Waals surface area contributed by atoms with Crippen molar-refractivity contribution in [3.63, 3.8) is 0 Å². The van der Waals surface area contributed by atoms with Crippen molar-refractivity contribution in [2.45, 2.75) is 56.4 Å². The van der Waals surface area contributed by atoms with Gasteiger partial charge in [0.1, 0.15) is 24.2 Å². The summed E-state index contributed by atoms with van der Waals surface area (Å²) < 4.78 is 12.1. The van der Waals surface area contributed by atoms with Crippen molar-refractivity contribution >= 4 is 35.1 Å². The molecule has 6 atom stereocenters. The maximum atomic E-state index is 14.3. The molecule has 4 rings (SSSR count). The fourth-order valence-electron chi connectivity index (χ4n) is 6.31. The largest absolute Gasteiger partial charge is 0.461 e. The highest BCUT2D eigenvalue weighted by Crippen LogP contribution is 2.64. The van der Waals surface area contributed by atoms with E-state index in [-0.39, 0.29) is 31.6 Å². The molecular formula is C27H33ClN2O6. The lowest BCUT2D eigenvalue weighted by Gasteiger charge is -2.38. The predicted octanol–water partition coefficient (Wildman–Crippen LogP) is 3.12. The quantitative estimate of drug-likeness (QED) is 0.379. The number of halogens is 1. The predicted molar refractivity (Wildman–Crippen MR) is 135 cm³/mol. The fraction of sp³-hybridized carbons (Fsp3) is 0.519. The van der Waals surface area contributed by atoms with Gasteiger partial charge in [0.25, 0.3) is 5.91 Å². The third-order valence-corrected chi connectivity index (χ3v) is 8.16. The SMILES string of the molecule is C=CCOC(=O)[C@H]1[C@H]2C(=O)N([C@H](C)CO)C(C(=O)N(CC=C)c3ccc(Cl)cc3)C23CC[C@]1(CC)O3. The summed E-state index contributed by atoms with van der Waals surface area (Å²) in [6.45, 7) is 10.9. The standard InChI is InChI=1S/C27H33ClN2O6/c1-5-14-29(19-10-8-18(28)9-11-19)24(33)22-27-13-12-26(7-3,36-27)21(25(34)35-15-6-2)20(27)23(32)30(22)17(4)16-31/h5-6,8-11,17,20-22,31H,1-2,7,12-16H2,3-4H3/t17-,20+,21-,22?,26+,27?/m1/s1. The minimum atomic E-state index is -1.21. The van der Waals surface area contributed by atoms with Crippen molar-refractivity contribution in [3.8, 4) is 0 Å². The van der Waals surface area contributed by atoms with E-state index in [9.17, 15) is 19.5 Å². The van der Waals surface area contributed by atoms with E-state index in [4.69, 9.17) is 21.1 Å². The molecule has 1 aromatic carbocycles. The zero-order valence-electron chi connectivity index (χ0n) is 20.7. The zero-order valence-corrected chi connectivity index (χ0v) is 21.4. The van der Waals surface area contributed by atoms with Crippen molar-refractivity contribution in [2.75, 3.05) is 24.7 Å². The van der Waals surface area contributed by atoms with Gasteiger partial charge in [-0.05, 0) is 50.5 Å². The van der Waals surface area contributed by atoms with Crippen LogP contribution in [0.1, 0.15) is 33.1 Å². The highest BCUT2D eigenvalue weighted by Gasteiger charge is 2.79. The summed E-state index contributed by atoms with van der Waals surface area (Å²) in [6, 6.07) is 5.14. The van der Waals surface area contributed by atoms with Crippen LogP contribution in [0.5, 0.6) is 0 Å². The van der Waals surface area contributed by atoms with Crippen molar-refractivity contribution < 1.29 is 29.0 Å². The second-order valence-electron chi connectivity index (χ2n) is 9.74. The van der Waals surface area contributed by atoms with Crippen LogP contribution in [0.15, 0.2) is 49.6 Å². The molecule has 2 amide bonds. The number of likely N-dealkylation sites (tertiary alicyclic amines) is 1. The van der Waals surface area contributed by atoms with Gasteiger partial charge in [-0.1, -0.05) is 37.3 Å². The third kappa shape index (κ3) is 3.86. The van der Waals surface area contributed by atoms with Gasteiger partial charge < -0.3 is 24.4 Å². The molecule has 3 fully saturated rings. The van der Waals surface area contributed by atoms with Gasteiger partial charge in [-0.3, -0.25) is 14.4 Å². The summed E-state index contributed by atoms with van der Waals surface area (Å²) >= 11 is 6.06. The molecule has 3 heterocycles. The fourth-order valence-corrected chi connectivity index (χ4v) is 6.43. The lowest BCUT2D eigenvalue weighted by Crippen LogP contribution is -2.58. The Kier molecular flexibility index (Phi) is 7.33. The molecule has 194 valence electrons. The van der Waals surface area contributed by atoms with Crippen LogP contribution in [-0.2, 0) is 23.9 Å². The Labute approximate surface area is 216 Å². The van der Waals surface area contributed by atoms with Crippen LogP contribution in [-0.4, -0.2) is 70.8 Å². The molecular weight excluding hydrogens is 484 g/mol. The highest BCUT2D eigenvalue weighted by molar-refractivity contribution is 6.30. The van der Waals surface area contributed by atoms with Gasteiger partial charge in [-0.2, -0.15) is 0 Å². The van der Waals surface area contributed by atoms with E-state index < -0.39 is 41.1 Å². The Morgan fingerprint density at radius 3 is 2.58 bits per heavy atom. The maximum absolute atomic E-state index is 14.3. The molecule has 8 nitrogen and oxygen atoms in total. The second kappa shape index (κ2) is 10.00. The number of aliphatic hydroxyl groups excluding tert-OH is 1. The number of carbonyl (C=O) groups excluding carboxylic acids is 3. The Morgan fingerprint density at radius 1 is 1.31 bits per heavy atom. The summed E-state index contributed by atoms with van der Waals surface area (Å²) in [7, 11) is 0. The average Bonchev–Trinajstić information content (AvgIpc) is 3.49. The highest BCUT2D eigenvalue weighted by atomic mass is 35.5. The first-order valence-electron chi connectivity index (χ1n) is 12.3. The lowest BCUT2D eigenvalue weighted by atomic mass is 9.65. The molecule has 3 aliphatic rings. The summed E-state index contributed by atoms with van der Waals surface area (Å²) in [5.74, 6) is -3.00. The van der Waals surface area contributed by atoms with Crippen LogP contribution < -0.4 is 4.90 Å². The Balaban J connectivity index is 1.82. The third-order valence-electron chi connectivity index (χ3n) is 7.91. The van der Waals surface area contributed by atoms with Crippen LogP contribution in [0.4, 0.5) is 5.69 Å². The van der Waals surface area contributed by atoms with Crippen LogP contribution in [0.25, 0.3) is 0 Å². The first-order chi connectivity index (χ1) is 17.2. The number of benzene rings is 1. The number of ether oxygens (including phenoxy) is 2. The first kappa shape index (κ1) is 26.4. The number of hydrogen-bond acceptors (Lipinski definition) is 6. The molecule has 1 spiro atoms. The van der Waals surface area contributed by atoms with Crippen molar-refractivity contribution in [2.24, 2.45) is 11.8 Å². The van der Waals surface area contributed by atoms with Crippen LogP contribution in [0.2, 0.25) is 5.02 Å². The van der Waals surface area contributed by atoms with Gasteiger partial charge in [-0.25, -0.2) is 0 Å². The molecule has 1 N–H and O–H groups in total. The molecule has 0 saturated carbocycles. The van der Waals surface area contributed by atoms with Crippen molar-refractivity contribution in [1.29, 1.82) is 0 Å². The van der Waals surface area contributed by atoms with Gasteiger partial charge >= 0.3 is 5.97 Å². The van der Waals surface area contributed by atoms with Crippen molar-refractivity contribution in [3.05, 3.63) is 54.6 Å². The van der Waals surface area contributed by atoms with Crippen LogP contribution >= 0.6 is 11.6 Å². The molecule has 9 heteroatoms. The Hall–Kier alpha value is -2.68. The van der Waals surface area contributed by atoms with E-state index in [0.29, 0.717) is 30.0 Å². The Bertz CT molecular complexity index is 1060. The minimum absolute atomic E-state index is 0.0197. The molecule has 2 bridgehead atoms. The number of amides is 2. The summed E-state index contributed by atoms with van der Waals surface area (Å²) in [5.41, 5.74) is -1.51. The normalized spacial score (nSPS) is 31.2. The van der Waals surface area contributed by atoms with E-state index in [1.54, 1.807) is 37.3 Å². The number of rotatable bonds is 10. The molecule has 0 aromatic heterocycles. The van der Waals surface area contributed by atoms with E-state index in [1.165, 1.54) is 15.9 Å². The number of hydrogen-bond donors (Lipinski definition) is 1. The minimum Gasteiger partial charge on any atom is -0.461 e. The molecule has 0 aliphatic carbocycles. The van der Waals surface area contributed by atoms with Crippen molar-refractivity contribution in [1.82, 2.24) is 4.90 Å². The molecule has 3 aliphatic heterocycles. The van der Waals surface area contributed by atoms with E-state index in [0.717, 1.165) is 0 Å². The van der Waals surface area contributed by atoms with E-state index in [2.05, 4.69) is 13.2 Å². The number of carbonyl (C=O) groups is 3. The van der Waals surface area contributed by atoms with Gasteiger partial charge in [0.15, 0.2) is 0 Å². The first-order valence-corrected chi connectivity index (χ1v) is 12.7. The van der Waals surface area contributed by atoms with Crippen LogP contribution in [0.3, 0.4) is 0 Å². The summed E-state index contributed by atoms with van der Waals surface area (Å²) in [4.78, 5) is 44.5. The van der Waals surface area contributed by atoms with Crippen LogP contribution in [0, 0.1) is 11.8 Å². The van der Waals surface area contributed by atoms with Gasteiger partial charge in [0, 0.05) is 17.3 Å². The van der Waals surface area contributed by atoms with E-state index >= 15 is 0 Å². The summed E-state index contributed by atoms with van der Waals surface area (Å²) in [5, 5.41) is 10.6. The summed E-state index contributed by atoms with van der Waals surface area (Å²) in [6.07, 6.45) is 4.54. The van der Waals surface area contributed by atoms with Gasteiger partial charge in [0.05, 0.1) is 24.2 Å². The van der Waals surface area contributed by atoms with Gasteiger partial charge in [-0.15, -0.1) is 6.58 Å². The van der Waals surface area contributed by atoms with Gasteiger partial charge in [0.2, 0.25) is 5.91 Å². The molecule has 1 aromatic rings. The maximum Gasteiger partial charge on any atom is 0.313 e. The number of aliphatic hydroxyl groups is 1. The second-order valence-corrected chi connectivity index (χ2v) is 10.2. The Morgan fingerprint density at radius 2 is 2.00 bits per heavy atom. The molecule has 0 radical (unpaired) electrons.